The van der Waals surface area contributed by atoms with Crippen molar-refractivity contribution in [3.63, 3.8) is 0 Å². The van der Waals surface area contributed by atoms with Gasteiger partial charge in [-0.2, -0.15) is 0 Å². The molecule has 21 heavy (non-hydrogen) atoms. The van der Waals surface area contributed by atoms with E-state index in [1.807, 2.05) is 12.3 Å². The molecule has 1 aromatic carbocycles. The standard InChI is InChI=1S/C14H15N3O3S/c1-9-8-21-12(16-9)6-7-15-14(20)17-11-5-3-2-4-10(11)13(18)19/h2-5,8H,6-7H2,1H3,(H,18,19)(H2,15,17,20). The van der Waals surface area contributed by atoms with E-state index in [0.717, 1.165) is 10.7 Å². The van der Waals surface area contributed by atoms with Crippen molar-refractivity contribution in [1.82, 2.24) is 10.3 Å². The number of aromatic nitrogens is 1. The van der Waals surface area contributed by atoms with Gasteiger partial charge >= 0.3 is 12.0 Å². The molecule has 0 unspecified atom stereocenters. The average Bonchev–Trinajstić information content (AvgIpc) is 2.85. The number of thiazole rings is 1. The van der Waals surface area contributed by atoms with Crippen molar-refractivity contribution in [3.8, 4) is 0 Å². The first-order chi connectivity index (χ1) is 10.1. The number of nitrogens with zero attached hydrogens (tertiary/aromatic N) is 1. The Balaban J connectivity index is 1.86. The van der Waals surface area contributed by atoms with Crippen LogP contribution in [0.4, 0.5) is 10.5 Å². The molecule has 0 saturated carbocycles. The van der Waals surface area contributed by atoms with Crippen LogP contribution in [0.3, 0.4) is 0 Å². The summed E-state index contributed by atoms with van der Waals surface area (Å²) in [4.78, 5) is 27.1. The summed E-state index contributed by atoms with van der Waals surface area (Å²) in [7, 11) is 0. The third-order valence-electron chi connectivity index (χ3n) is 2.70. The van der Waals surface area contributed by atoms with Crippen molar-refractivity contribution in [2.75, 3.05) is 11.9 Å². The van der Waals surface area contributed by atoms with Crippen molar-refractivity contribution in [2.45, 2.75) is 13.3 Å². The molecule has 3 N–H and O–H groups in total. The summed E-state index contributed by atoms with van der Waals surface area (Å²) in [5.41, 5.74) is 1.30. The Bertz CT molecular complexity index is 654. The number of carbonyl (C=O) groups is 2. The van der Waals surface area contributed by atoms with Gasteiger partial charge in [-0.15, -0.1) is 11.3 Å². The number of rotatable bonds is 5. The van der Waals surface area contributed by atoms with Crippen LogP contribution in [0.1, 0.15) is 21.1 Å². The quantitative estimate of drug-likeness (QED) is 0.791. The molecule has 110 valence electrons. The molecular formula is C14H15N3O3S. The topological polar surface area (TPSA) is 91.3 Å². The average molecular weight is 305 g/mol. The predicted molar refractivity (Wildman–Crippen MR) is 81.0 cm³/mol. The molecule has 2 rings (SSSR count). The second kappa shape index (κ2) is 6.85. The highest BCUT2D eigenvalue weighted by Crippen LogP contribution is 2.14. The molecule has 0 bridgehead atoms. The summed E-state index contributed by atoms with van der Waals surface area (Å²) in [5, 5.41) is 17.2. The van der Waals surface area contributed by atoms with Crippen LogP contribution < -0.4 is 10.6 Å². The Kier molecular flexibility index (Phi) is 4.89. The van der Waals surface area contributed by atoms with Crippen LogP contribution in [-0.2, 0) is 6.42 Å². The number of aryl methyl sites for hydroxylation is 1. The second-order valence-electron chi connectivity index (χ2n) is 4.36. The number of nitrogens with one attached hydrogen (secondary N) is 2. The van der Waals surface area contributed by atoms with Crippen LogP contribution in [-0.4, -0.2) is 28.6 Å². The van der Waals surface area contributed by atoms with Gasteiger partial charge in [0.05, 0.1) is 16.3 Å². The number of hydrogen-bond donors (Lipinski definition) is 3. The molecule has 0 saturated heterocycles. The Morgan fingerprint density at radius 2 is 2.10 bits per heavy atom. The van der Waals surface area contributed by atoms with Crippen molar-refractivity contribution in [2.24, 2.45) is 0 Å². The summed E-state index contributed by atoms with van der Waals surface area (Å²) in [6.45, 7) is 2.36. The lowest BCUT2D eigenvalue weighted by molar-refractivity contribution is 0.0698. The van der Waals surface area contributed by atoms with Crippen LogP contribution in [0.15, 0.2) is 29.6 Å². The fourth-order valence-electron chi connectivity index (χ4n) is 1.75. The maximum absolute atomic E-state index is 11.8. The largest absolute Gasteiger partial charge is 0.478 e. The zero-order valence-electron chi connectivity index (χ0n) is 11.4. The minimum absolute atomic E-state index is 0.0585. The zero-order chi connectivity index (χ0) is 15.2. The molecule has 0 fully saturated rings. The van der Waals surface area contributed by atoms with Crippen LogP contribution in [0.25, 0.3) is 0 Å². The van der Waals surface area contributed by atoms with Crippen molar-refractivity contribution >= 4 is 29.0 Å². The van der Waals surface area contributed by atoms with Crippen LogP contribution >= 0.6 is 11.3 Å². The molecule has 0 aliphatic heterocycles. The van der Waals surface area contributed by atoms with Crippen molar-refractivity contribution in [1.29, 1.82) is 0 Å². The minimum Gasteiger partial charge on any atom is -0.478 e. The molecule has 2 amide bonds. The lowest BCUT2D eigenvalue weighted by Gasteiger charge is -2.09. The Morgan fingerprint density at radius 1 is 1.33 bits per heavy atom. The predicted octanol–water partition coefficient (Wildman–Crippen LogP) is 2.51. The van der Waals surface area contributed by atoms with Crippen LogP contribution in [0, 0.1) is 6.92 Å². The summed E-state index contributed by atoms with van der Waals surface area (Å²) < 4.78 is 0. The van der Waals surface area contributed by atoms with Crippen molar-refractivity contribution < 1.29 is 14.7 Å². The van der Waals surface area contributed by atoms with Gasteiger partial charge < -0.3 is 15.7 Å². The smallest absolute Gasteiger partial charge is 0.337 e. The summed E-state index contributed by atoms with van der Waals surface area (Å²) >= 11 is 1.55. The first-order valence-corrected chi connectivity index (χ1v) is 7.22. The van der Waals surface area contributed by atoms with E-state index in [1.165, 1.54) is 6.07 Å². The molecule has 0 atom stereocenters. The monoisotopic (exact) mass is 305 g/mol. The van der Waals surface area contributed by atoms with E-state index >= 15 is 0 Å². The second-order valence-corrected chi connectivity index (χ2v) is 5.31. The summed E-state index contributed by atoms with van der Waals surface area (Å²) in [6.07, 6.45) is 0.645. The van der Waals surface area contributed by atoms with Crippen LogP contribution in [0.5, 0.6) is 0 Å². The normalized spacial score (nSPS) is 10.1. The number of carboxylic acid groups (broad SMARTS) is 1. The van der Waals surface area contributed by atoms with Crippen LogP contribution in [0.2, 0.25) is 0 Å². The molecular weight excluding hydrogens is 290 g/mol. The highest BCUT2D eigenvalue weighted by molar-refractivity contribution is 7.09. The molecule has 0 radical (unpaired) electrons. The molecule has 1 aromatic heterocycles. The van der Waals surface area contributed by atoms with E-state index in [0.29, 0.717) is 13.0 Å². The van der Waals surface area contributed by atoms with E-state index < -0.39 is 12.0 Å². The molecule has 6 nitrogen and oxygen atoms in total. The highest BCUT2D eigenvalue weighted by Gasteiger charge is 2.11. The minimum atomic E-state index is -1.08. The zero-order valence-corrected chi connectivity index (χ0v) is 12.2. The van der Waals surface area contributed by atoms with Gasteiger partial charge in [0.15, 0.2) is 0 Å². The van der Waals surface area contributed by atoms with E-state index in [1.54, 1.807) is 29.5 Å². The number of aromatic carboxylic acids is 1. The molecule has 1 heterocycles. The Hall–Kier alpha value is -2.41. The fraction of sp³-hybridized carbons (Fsp3) is 0.214. The molecule has 0 aliphatic rings. The lowest BCUT2D eigenvalue weighted by Crippen LogP contribution is -2.31. The van der Waals surface area contributed by atoms with Crippen molar-refractivity contribution in [3.05, 3.63) is 45.9 Å². The number of carbonyl (C=O) groups excluding carboxylic acids is 1. The number of benzene rings is 1. The van der Waals surface area contributed by atoms with Gasteiger partial charge in [-0.05, 0) is 19.1 Å². The molecule has 2 aromatic rings. The SMILES string of the molecule is Cc1csc(CCNC(=O)Nc2ccccc2C(=O)O)n1. The van der Waals surface area contributed by atoms with E-state index in [9.17, 15) is 9.59 Å². The van der Waals surface area contributed by atoms with E-state index in [2.05, 4.69) is 15.6 Å². The van der Waals surface area contributed by atoms with Gasteiger partial charge in [-0.25, -0.2) is 14.6 Å². The highest BCUT2D eigenvalue weighted by atomic mass is 32.1. The fourth-order valence-corrected chi connectivity index (χ4v) is 2.52. The Labute approximate surface area is 125 Å². The number of anilines is 1. The van der Waals surface area contributed by atoms with Gasteiger partial charge in [0.25, 0.3) is 0 Å². The van der Waals surface area contributed by atoms with Gasteiger partial charge in [0.2, 0.25) is 0 Å². The summed E-state index contributed by atoms with van der Waals surface area (Å²) in [6, 6.07) is 5.83. The number of urea groups is 1. The van der Waals surface area contributed by atoms with Gasteiger partial charge in [-0.3, -0.25) is 0 Å². The first kappa shape index (κ1) is 15.0. The summed E-state index contributed by atoms with van der Waals surface area (Å²) in [5.74, 6) is -1.08. The first-order valence-electron chi connectivity index (χ1n) is 6.34. The van der Waals surface area contributed by atoms with Gasteiger partial charge in [0.1, 0.15) is 0 Å². The number of para-hydroxylation sites is 1. The molecule has 0 spiro atoms. The number of carboxylic acids is 1. The Morgan fingerprint density at radius 3 is 2.76 bits per heavy atom. The third-order valence-corrected chi connectivity index (χ3v) is 3.72. The maximum atomic E-state index is 11.8. The van der Waals surface area contributed by atoms with Gasteiger partial charge in [-0.1, -0.05) is 12.1 Å². The molecule has 7 heteroatoms. The maximum Gasteiger partial charge on any atom is 0.337 e. The van der Waals surface area contributed by atoms with E-state index in [4.69, 9.17) is 5.11 Å². The van der Waals surface area contributed by atoms with E-state index in [-0.39, 0.29) is 11.3 Å². The number of amides is 2. The third kappa shape index (κ3) is 4.28. The molecule has 0 aliphatic carbocycles. The van der Waals surface area contributed by atoms with Gasteiger partial charge in [0, 0.05) is 24.0 Å². The number of hydrogen-bond acceptors (Lipinski definition) is 4. The lowest BCUT2D eigenvalue weighted by atomic mass is 10.2.